The topological polar surface area (TPSA) is 46.3 Å². The zero-order valence-corrected chi connectivity index (χ0v) is 12.7. The lowest BCUT2D eigenvalue weighted by Gasteiger charge is -2.38. The Hall–Kier alpha value is -0.570. The summed E-state index contributed by atoms with van der Waals surface area (Å²) in [5.41, 5.74) is 6.14. The van der Waals surface area contributed by atoms with Gasteiger partial charge in [0.1, 0.15) is 0 Å². The monoisotopic (exact) mass is 266 g/mol. The Morgan fingerprint density at radius 3 is 2.16 bits per heavy atom. The van der Waals surface area contributed by atoms with Gasteiger partial charge >= 0.3 is 0 Å². The van der Waals surface area contributed by atoms with Crippen molar-refractivity contribution in [1.82, 2.24) is 4.90 Å². The first kappa shape index (κ1) is 14.8. The lowest BCUT2D eigenvalue weighted by atomic mass is 9.79. The molecule has 110 valence electrons. The Morgan fingerprint density at radius 1 is 1.11 bits per heavy atom. The molecule has 0 aromatic rings. The van der Waals surface area contributed by atoms with Gasteiger partial charge in [0.25, 0.3) is 0 Å². The average Bonchev–Trinajstić information content (AvgIpc) is 2.39. The Bertz CT molecular complexity index is 296. The predicted molar refractivity (Wildman–Crippen MR) is 78.7 cm³/mol. The molecule has 1 amide bonds. The van der Waals surface area contributed by atoms with E-state index in [1.807, 2.05) is 0 Å². The van der Waals surface area contributed by atoms with Crippen LogP contribution in [0.2, 0.25) is 0 Å². The van der Waals surface area contributed by atoms with Crippen LogP contribution in [0, 0.1) is 17.3 Å². The largest absolute Gasteiger partial charge is 0.343 e. The minimum atomic E-state index is 0.395. The number of carbonyl (C=O) groups is 1. The number of rotatable bonds is 3. The van der Waals surface area contributed by atoms with Crippen molar-refractivity contribution in [2.24, 2.45) is 23.0 Å². The fourth-order valence-corrected chi connectivity index (χ4v) is 3.41. The number of hydrogen-bond donors (Lipinski definition) is 1. The van der Waals surface area contributed by atoms with Crippen molar-refractivity contribution in [2.75, 3.05) is 19.6 Å². The fraction of sp³-hybridized carbons (Fsp3) is 0.938. The van der Waals surface area contributed by atoms with Crippen molar-refractivity contribution in [2.45, 2.75) is 58.8 Å². The van der Waals surface area contributed by atoms with E-state index >= 15 is 0 Å². The number of carbonyl (C=O) groups excluding carboxylic acids is 1. The van der Waals surface area contributed by atoms with Gasteiger partial charge in [-0.1, -0.05) is 13.8 Å². The van der Waals surface area contributed by atoms with Gasteiger partial charge < -0.3 is 10.6 Å². The summed E-state index contributed by atoms with van der Waals surface area (Å²) in [6.45, 7) is 7.36. The van der Waals surface area contributed by atoms with Crippen LogP contribution in [0.5, 0.6) is 0 Å². The van der Waals surface area contributed by atoms with Gasteiger partial charge in [-0.15, -0.1) is 0 Å². The normalized spacial score (nSPS) is 31.2. The number of likely N-dealkylation sites (tertiary alicyclic amines) is 1. The molecular weight excluding hydrogens is 236 g/mol. The summed E-state index contributed by atoms with van der Waals surface area (Å²) < 4.78 is 0. The van der Waals surface area contributed by atoms with E-state index in [2.05, 4.69) is 18.7 Å². The molecule has 3 nitrogen and oxygen atoms in total. The molecule has 0 aromatic carbocycles. The van der Waals surface area contributed by atoms with Crippen LogP contribution in [0.15, 0.2) is 0 Å². The number of hydrogen-bond acceptors (Lipinski definition) is 2. The van der Waals surface area contributed by atoms with Gasteiger partial charge in [-0.3, -0.25) is 4.79 Å². The van der Waals surface area contributed by atoms with Gasteiger partial charge in [-0.05, 0) is 62.3 Å². The Balaban J connectivity index is 1.73. The summed E-state index contributed by atoms with van der Waals surface area (Å²) in [4.78, 5) is 14.4. The van der Waals surface area contributed by atoms with Gasteiger partial charge in [0.2, 0.25) is 5.91 Å². The second-order valence-corrected chi connectivity index (χ2v) is 7.37. The third kappa shape index (κ3) is 4.20. The Morgan fingerprint density at radius 2 is 1.63 bits per heavy atom. The van der Waals surface area contributed by atoms with Gasteiger partial charge in [0.15, 0.2) is 0 Å². The van der Waals surface area contributed by atoms with Crippen LogP contribution in [0.4, 0.5) is 0 Å². The maximum Gasteiger partial charge on any atom is 0.222 e. The smallest absolute Gasteiger partial charge is 0.222 e. The summed E-state index contributed by atoms with van der Waals surface area (Å²) in [6.07, 6.45) is 7.93. The van der Waals surface area contributed by atoms with Gasteiger partial charge in [0.05, 0.1) is 0 Å². The minimum Gasteiger partial charge on any atom is -0.343 e. The quantitative estimate of drug-likeness (QED) is 0.854. The molecule has 0 atom stereocenters. The van der Waals surface area contributed by atoms with E-state index in [0.717, 1.165) is 38.9 Å². The molecule has 2 aliphatic rings. The molecule has 3 heteroatoms. The molecule has 2 rings (SSSR count). The number of nitrogens with zero attached hydrogens (tertiary/aromatic N) is 1. The first-order chi connectivity index (χ1) is 9.00. The molecule has 0 radical (unpaired) electrons. The standard InChI is InChI=1S/C16H30N2O/c1-16(2)7-9-18(10-8-16)15(19)11-13-3-5-14(12-17)6-4-13/h13-14H,3-12,17H2,1-2H3. The Labute approximate surface area is 117 Å². The van der Waals surface area contributed by atoms with Crippen LogP contribution in [0.3, 0.4) is 0 Å². The summed E-state index contributed by atoms with van der Waals surface area (Å²) in [5.74, 6) is 1.72. The lowest BCUT2D eigenvalue weighted by molar-refractivity contribution is -0.134. The molecular formula is C16H30N2O. The summed E-state index contributed by atoms with van der Waals surface area (Å²) in [5, 5.41) is 0. The van der Waals surface area contributed by atoms with E-state index in [4.69, 9.17) is 5.73 Å². The lowest BCUT2D eigenvalue weighted by Crippen LogP contribution is -2.41. The third-order valence-corrected chi connectivity index (χ3v) is 5.23. The van der Waals surface area contributed by atoms with Crippen LogP contribution in [0.25, 0.3) is 0 Å². The number of amides is 1. The van der Waals surface area contributed by atoms with Crippen molar-refractivity contribution in [3.63, 3.8) is 0 Å². The molecule has 2 fully saturated rings. The molecule has 0 aromatic heterocycles. The van der Waals surface area contributed by atoms with Gasteiger partial charge in [0, 0.05) is 19.5 Å². The highest BCUT2D eigenvalue weighted by Crippen LogP contribution is 2.33. The molecule has 1 saturated heterocycles. The second-order valence-electron chi connectivity index (χ2n) is 7.37. The molecule has 1 aliphatic carbocycles. The highest BCUT2D eigenvalue weighted by atomic mass is 16.2. The molecule has 19 heavy (non-hydrogen) atoms. The van der Waals surface area contributed by atoms with E-state index in [9.17, 15) is 4.79 Å². The van der Waals surface area contributed by atoms with Crippen molar-refractivity contribution in [1.29, 1.82) is 0 Å². The summed E-state index contributed by atoms with van der Waals surface area (Å²) >= 11 is 0. The highest BCUT2D eigenvalue weighted by Gasteiger charge is 2.29. The summed E-state index contributed by atoms with van der Waals surface area (Å²) in [6, 6.07) is 0. The fourth-order valence-electron chi connectivity index (χ4n) is 3.41. The molecule has 1 heterocycles. The molecule has 1 saturated carbocycles. The van der Waals surface area contributed by atoms with Crippen molar-refractivity contribution < 1.29 is 4.79 Å². The maximum absolute atomic E-state index is 12.3. The van der Waals surface area contributed by atoms with E-state index in [1.165, 1.54) is 25.7 Å². The van der Waals surface area contributed by atoms with Crippen molar-refractivity contribution >= 4 is 5.91 Å². The van der Waals surface area contributed by atoms with Crippen LogP contribution in [0.1, 0.15) is 58.8 Å². The van der Waals surface area contributed by atoms with Gasteiger partial charge in [-0.2, -0.15) is 0 Å². The van der Waals surface area contributed by atoms with E-state index in [0.29, 0.717) is 23.2 Å². The first-order valence-electron chi connectivity index (χ1n) is 7.98. The molecule has 0 bridgehead atoms. The van der Waals surface area contributed by atoms with Crippen LogP contribution in [-0.2, 0) is 4.79 Å². The molecule has 2 N–H and O–H groups in total. The minimum absolute atomic E-state index is 0.395. The molecule has 1 aliphatic heterocycles. The van der Waals surface area contributed by atoms with Crippen LogP contribution >= 0.6 is 0 Å². The van der Waals surface area contributed by atoms with Gasteiger partial charge in [-0.25, -0.2) is 0 Å². The zero-order chi connectivity index (χ0) is 13.9. The summed E-state index contributed by atoms with van der Waals surface area (Å²) in [7, 11) is 0. The van der Waals surface area contributed by atoms with Crippen LogP contribution < -0.4 is 5.73 Å². The number of nitrogens with two attached hydrogens (primary N) is 1. The maximum atomic E-state index is 12.3. The molecule has 0 unspecified atom stereocenters. The van der Waals surface area contributed by atoms with E-state index in [-0.39, 0.29) is 0 Å². The molecule has 0 spiro atoms. The SMILES string of the molecule is CC1(C)CCN(C(=O)CC2CCC(CN)CC2)CC1. The highest BCUT2D eigenvalue weighted by molar-refractivity contribution is 5.76. The van der Waals surface area contributed by atoms with Crippen molar-refractivity contribution in [3.8, 4) is 0 Å². The van der Waals surface area contributed by atoms with Crippen molar-refractivity contribution in [3.05, 3.63) is 0 Å². The van der Waals surface area contributed by atoms with E-state index in [1.54, 1.807) is 0 Å². The third-order valence-electron chi connectivity index (χ3n) is 5.23. The Kier molecular flexibility index (Phi) is 4.88. The average molecular weight is 266 g/mol. The number of piperidine rings is 1. The first-order valence-corrected chi connectivity index (χ1v) is 7.98. The second kappa shape index (κ2) is 6.25. The predicted octanol–water partition coefficient (Wildman–Crippen LogP) is 2.79. The zero-order valence-electron chi connectivity index (χ0n) is 12.7. The van der Waals surface area contributed by atoms with E-state index < -0.39 is 0 Å². The van der Waals surface area contributed by atoms with Crippen LogP contribution in [-0.4, -0.2) is 30.4 Å².